The smallest absolute Gasteiger partial charge is 0.416 e. The molecular weight excluding hydrogens is 608 g/mol. The Morgan fingerprint density at radius 2 is 1.61 bits per heavy atom. The number of benzene rings is 2. The minimum absolute atomic E-state index is 0.0790. The Morgan fingerprint density at radius 1 is 0.909 bits per heavy atom. The third-order valence-electron chi connectivity index (χ3n) is 8.15. The van der Waals surface area contributed by atoms with Gasteiger partial charge in [-0.25, -0.2) is 0 Å². The van der Waals surface area contributed by atoms with Gasteiger partial charge in [-0.2, -0.15) is 31.3 Å². The van der Waals surface area contributed by atoms with Crippen LogP contribution in [0.3, 0.4) is 0 Å². The van der Waals surface area contributed by atoms with Gasteiger partial charge in [0, 0.05) is 37.8 Å². The molecule has 5 rings (SSSR count). The zero-order valence-electron chi connectivity index (χ0n) is 24.1. The summed E-state index contributed by atoms with van der Waals surface area (Å²) in [7, 11) is 1.35. The van der Waals surface area contributed by atoms with Crippen molar-refractivity contribution >= 4 is 28.9 Å². The van der Waals surface area contributed by atoms with Crippen LogP contribution in [-0.4, -0.2) is 60.2 Å². The molecule has 0 atom stereocenters. The van der Waals surface area contributed by atoms with Crippen LogP contribution < -0.4 is 9.47 Å². The summed E-state index contributed by atoms with van der Waals surface area (Å²) in [5.41, 5.74) is -2.69. The largest absolute Gasteiger partial charge is 0.493 e. The van der Waals surface area contributed by atoms with Gasteiger partial charge in [0.15, 0.2) is 16.7 Å². The predicted molar refractivity (Wildman–Crippen MR) is 156 cm³/mol. The minimum Gasteiger partial charge on any atom is -0.493 e. The molecule has 3 aliphatic rings. The zero-order valence-corrected chi connectivity index (χ0v) is 25.0. The molecule has 0 unspecified atom stereocenters. The summed E-state index contributed by atoms with van der Waals surface area (Å²) in [4.78, 5) is 22.1. The Hall–Kier alpha value is -3.19. The number of methoxy groups -OCH3 is 1. The molecule has 44 heavy (non-hydrogen) atoms. The summed E-state index contributed by atoms with van der Waals surface area (Å²) in [5.74, 6) is -0.0694. The van der Waals surface area contributed by atoms with Gasteiger partial charge in [0.25, 0.3) is 5.91 Å². The van der Waals surface area contributed by atoms with Gasteiger partial charge in [-0.1, -0.05) is 37.8 Å². The molecule has 1 aliphatic carbocycles. The first kappa shape index (κ1) is 32.2. The number of piperazine rings is 1. The summed E-state index contributed by atoms with van der Waals surface area (Å²) in [6, 6.07) is 6.71. The van der Waals surface area contributed by atoms with Crippen LogP contribution in [0.4, 0.5) is 26.3 Å². The van der Waals surface area contributed by atoms with Gasteiger partial charge >= 0.3 is 12.4 Å². The molecule has 0 spiro atoms. The van der Waals surface area contributed by atoms with Crippen molar-refractivity contribution in [1.82, 2.24) is 9.80 Å². The topological polar surface area (TPSA) is 54.4 Å². The highest BCUT2D eigenvalue weighted by Gasteiger charge is 2.38. The second-order valence-electron chi connectivity index (χ2n) is 11.0. The Morgan fingerprint density at radius 3 is 2.25 bits per heavy atom. The SMILES string of the molecule is COc1cc(C=C2SC(N3CCN(C4CCCCCC4)CC3)=NC2=O)ccc1OCc1ccc(C(F)(F)F)cc1C(F)(F)F. The maximum absolute atomic E-state index is 13.5. The maximum atomic E-state index is 13.5. The maximum Gasteiger partial charge on any atom is 0.416 e. The third-order valence-corrected chi connectivity index (χ3v) is 9.19. The molecule has 0 N–H and O–H groups in total. The molecule has 1 amide bonds. The summed E-state index contributed by atoms with van der Waals surface area (Å²) < 4.78 is 90.5. The van der Waals surface area contributed by atoms with Gasteiger partial charge in [0.2, 0.25) is 0 Å². The highest BCUT2D eigenvalue weighted by molar-refractivity contribution is 8.18. The molecule has 2 fully saturated rings. The number of amidine groups is 1. The van der Waals surface area contributed by atoms with Crippen LogP contribution in [0.25, 0.3) is 6.08 Å². The highest BCUT2D eigenvalue weighted by atomic mass is 32.2. The van der Waals surface area contributed by atoms with Crippen molar-refractivity contribution in [3.63, 3.8) is 0 Å². The van der Waals surface area contributed by atoms with Gasteiger partial charge in [0.05, 0.1) is 23.1 Å². The van der Waals surface area contributed by atoms with E-state index in [2.05, 4.69) is 14.8 Å². The number of rotatable bonds is 6. The van der Waals surface area contributed by atoms with Crippen molar-refractivity contribution in [2.75, 3.05) is 33.3 Å². The van der Waals surface area contributed by atoms with Gasteiger partial charge in [-0.15, -0.1) is 0 Å². The van der Waals surface area contributed by atoms with Crippen molar-refractivity contribution in [3.8, 4) is 11.5 Å². The summed E-state index contributed by atoms with van der Waals surface area (Å²) in [6.45, 7) is 2.85. The monoisotopic (exact) mass is 641 g/mol. The number of halogens is 6. The Labute approximate surface area is 256 Å². The fourth-order valence-electron chi connectivity index (χ4n) is 5.78. The molecule has 0 bridgehead atoms. The Balaban J connectivity index is 1.22. The van der Waals surface area contributed by atoms with Crippen LogP contribution in [0.5, 0.6) is 11.5 Å². The number of aliphatic imine (C=N–C) groups is 1. The molecule has 0 radical (unpaired) electrons. The number of nitrogens with zero attached hydrogens (tertiary/aromatic N) is 3. The van der Waals surface area contributed by atoms with Crippen molar-refractivity contribution in [2.45, 2.75) is 63.5 Å². The highest BCUT2D eigenvalue weighted by Crippen LogP contribution is 2.39. The number of thioether (sulfide) groups is 1. The van der Waals surface area contributed by atoms with E-state index in [0.717, 1.165) is 32.2 Å². The van der Waals surface area contributed by atoms with Crippen molar-refractivity contribution < 1.29 is 40.6 Å². The standard InChI is InChI=1S/C31H33F6N3O3S/c1-42-26-16-20(8-11-25(26)43-19-21-9-10-22(30(32,33)34)18-24(21)31(35,36)37)17-27-28(41)38-29(44-27)40-14-12-39(13-15-40)23-6-4-2-3-5-7-23/h8-11,16-18,23H,2-7,12-15,19H2,1H3. The Bertz CT molecular complexity index is 1410. The van der Waals surface area contributed by atoms with Crippen molar-refractivity contribution in [2.24, 2.45) is 4.99 Å². The first-order valence-electron chi connectivity index (χ1n) is 14.5. The third kappa shape index (κ3) is 7.71. The van der Waals surface area contributed by atoms with E-state index in [1.807, 2.05) is 0 Å². The first-order valence-corrected chi connectivity index (χ1v) is 15.3. The van der Waals surface area contributed by atoms with E-state index >= 15 is 0 Å². The number of alkyl halides is 6. The van der Waals surface area contributed by atoms with Crippen LogP contribution in [0.2, 0.25) is 0 Å². The van der Waals surface area contributed by atoms with Crippen LogP contribution in [0, 0.1) is 0 Å². The van der Waals surface area contributed by atoms with E-state index in [-0.39, 0.29) is 23.5 Å². The molecule has 6 nitrogen and oxygen atoms in total. The van der Waals surface area contributed by atoms with E-state index in [0.29, 0.717) is 27.7 Å². The Kier molecular flexibility index (Phi) is 9.83. The quantitative estimate of drug-likeness (QED) is 0.184. The lowest BCUT2D eigenvalue weighted by atomic mass is 10.0. The number of amides is 1. The van der Waals surface area contributed by atoms with Gasteiger partial charge in [0.1, 0.15) is 6.61 Å². The molecule has 2 heterocycles. The summed E-state index contributed by atoms with van der Waals surface area (Å²) in [5, 5.41) is 0.672. The normalized spacial score (nSPS) is 20.2. The molecule has 238 valence electrons. The summed E-state index contributed by atoms with van der Waals surface area (Å²) >= 11 is 1.30. The molecular formula is C31H33F6N3O3S. The molecule has 2 aliphatic heterocycles. The lowest BCUT2D eigenvalue weighted by Crippen LogP contribution is -2.51. The molecule has 2 aromatic rings. The van der Waals surface area contributed by atoms with Crippen LogP contribution >= 0.6 is 11.8 Å². The predicted octanol–water partition coefficient (Wildman–Crippen LogP) is 7.62. The van der Waals surface area contributed by atoms with E-state index in [1.165, 1.54) is 63.5 Å². The summed E-state index contributed by atoms with van der Waals surface area (Å²) in [6.07, 6.45) is -0.568. The number of hydrogen-bond acceptors (Lipinski definition) is 6. The molecule has 2 aromatic carbocycles. The average Bonchev–Trinajstić information content (AvgIpc) is 3.16. The van der Waals surface area contributed by atoms with Gasteiger partial charge in [-0.05, 0) is 60.5 Å². The van der Waals surface area contributed by atoms with Crippen LogP contribution in [0.15, 0.2) is 46.3 Å². The molecule has 0 aromatic heterocycles. The van der Waals surface area contributed by atoms with E-state index in [9.17, 15) is 31.1 Å². The minimum atomic E-state index is -5.01. The molecule has 1 saturated carbocycles. The lowest BCUT2D eigenvalue weighted by molar-refractivity contribution is -0.143. The zero-order chi connectivity index (χ0) is 31.5. The average molecular weight is 642 g/mol. The van der Waals surface area contributed by atoms with Crippen molar-refractivity contribution in [3.05, 3.63) is 63.6 Å². The van der Waals surface area contributed by atoms with Gasteiger partial charge < -0.3 is 14.4 Å². The van der Waals surface area contributed by atoms with E-state index in [1.54, 1.807) is 18.2 Å². The van der Waals surface area contributed by atoms with Crippen LogP contribution in [0.1, 0.15) is 60.8 Å². The number of carbonyl (C=O) groups excluding carboxylic acids is 1. The number of hydrogen-bond donors (Lipinski definition) is 0. The van der Waals surface area contributed by atoms with Crippen LogP contribution in [-0.2, 0) is 23.8 Å². The first-order chi connectivity index (χ1) is 20.9. The molecule has 1 saturated heterocycles. The van der Waals surface area contributed by atoms with Gasteiger partial charge in [-0.3, -0.25) is 9.69 Å². The van der Waals surface area contributed by atoms with E-state index in [4.69, 9.17) is 9.47 Å². The van der Waals surface area contributed by atoms with Crippen molar-refractivity contribution in [1.29, 1.82) is 0 Å². The number of carbonyl (C=O) groups is 1. The second kappa shape index (κ2) is 13.4. The van der Waals surface area contributed by atoms with E-state index < -0.39 is 35.6 Å². The fraction of sp³-hybridized carbons (Fsp3) is 0.484. The lowest BCUT2D eigenvalue weighted by Gasteiger charge is -2.39. The molecule has 13 heteroatoms. The second-order valence-corrected chi connectivity index (χ2v) is 12.1. The number of ether oxygens (including phenoxy) is 2. The fourth-order valence-corrected chi connectivity index (χ4v) is 6.74.